The number of nitrogens with zero attached hydrogens (tertiary/aromatic N) is 2. The molecule has 0 radical (unpaired) electrons. The van der Waals surface area contributed by atoms with Crippen molar-refractivity contribution in [3.63, 3.8) is 0 Å². The second-order valence-electron chi connectivity index (χ2n) is 10.0. The van der Waals surface area contributed by atoms with E-state index < -0.39 is 0 Å². The molecule has 0 saturated heterocycles. The minimum absolute atomic E-state index is 0.0730. The van der Waals surface area contributed by atoms with Crippen LogP contribution in [0.15, 0.2) is 81.8 Å². The van der Waals surface area contributed by atoms with E-state index in [9.17, 15) is 10.2 Å². The largest absolute Gasteiger partial charge is 0.491 e. The van der Waals surface area contributed by atoms with Crippen molar-refractivity contribution in [2.75, 3.05) is 11.5 Å². The number of aromatic hydroxyl groups is 2. The summed E-state index contributed by atoms with van der Waals surface area (Å²) in [4.78, 5) is 0. The molecule has 6 nitrogen and oxygen atoms in total. The fourth-order valence-corrected chi connectivity index (χ4v) is 5.97. The highest BCUT2D eigenvalue weighted by Gasteiger charge is 2.34. The van der Waals surface area contributed by atoms with Crippen LogP contribution in [-0.4, -0.2) is 32.0 Å². The van der Waals surface area contributed by atoms with Gasteiger partial charge >= 0.3 is 0 Å². The lowest BCUT2D eigenvalue weighted by Crippen LogP contribution is -2.23. The molecule has 7 heteroatoms. The molecule has 2 unspecified atom stereocenters. The van der Waals surface area contributed by atoms with Crippen molar-refractivity contribution in [1.29, 1.82) is 0 Å². The molecule has 0 aliphatic heterocycles. The quantitative estimate of drug-likeness (QED) is 0.167. The van der Waals surface area contributed by atoms with Gasteiger partial charge in [-0.1, -0.05) is 73.5 Å². The molecule has 4 aromatic rings. The number of benzene rings is 2. The summed E-state index contributed by atoms with van der Waals surface area (Å²) in [6.45, 7) is 4.32. The third-order valence-electron chi connectivity index (χ3n) is 7.34. The van der Waals surface area contributed by atoms with Crippen molar-refractivity contribution in [2.45, 2.75) is 63.2 Å². The molecular weight excluding hydrogens is 484 g/mol. The standard InChI is InChI=1S/C30H36N2O4S/c1-29(23-13-5-3-6-14-23,25-21-27(33)31-35-25)17-9-11-19-37-20-12-10-18-30(2,24-15-7-4-8-16-24)26-22-28(34)32-36-26/h3-8,13-16,21-22H,9-12,17-20H2,1-2H3,(H,31,33)(H,32,34). The Kier molecular flexibility index (Phi) is 8.98. The van der Waals surface area contributed by atoms with E-state index in [1.165, 1.54) is 11.1 Å². The number of thioether (sulfide) groups is 1. The molecule has 0 fully saturated rings. The van der Waals surface area contributed by atoms with Crippen molar-refractivity contribution in [1.82, 2.24) is 10.3 Å². The first-order valence-electron chi connectivity index (χ1n) is 12.9. The fraction of sp³-hybridized carbons (Fsp3) is 0.400. The zero-order valence-electron chi connectivity index (χ0n) is 21.6. The second kappa shape index (κ2) is 12.4. The van der Waals surface area contributed by atoms with Crippen LogP contribution < -0.4 is 0 Å². The number of hydrogen-bond acceptors (Lipinski definition) is 7. The first-order valence-corrected chi connectivity index (χ1v) is 14.1. The molecule has 2 aromatic carbocycles. The molecule has 196 valence electrons. The Hall–Kier alpha value is -3.19. The number of rotatable bonds is 14. The molecule has 0 aliphatic carbocycles. The van der Waals surface area contributed by atoms with Gasteiger partial charge in [-0.05, 0) is 72.5 Å². The number of hydrogen-bond donors (Lipinski definition) is 2. The summed E-state index contributed by atoms with van der Waals surface area (Å²) in [5.74, 6) is 3.47. The summed E-state index contributed by atoms with van der Waals surface area (Å²) in [5, 5.41) is 26.9. The van der Waals surface area contributed by atoms with E-state index in [0.717, 1.165) is 50.0 Å². The maximum Gasteiger partial charge on any atom is 0.251 e. The first kappa shape index (κ1) is 26.9. The highest BCUT2D eigenvalue weighted by Crippen LogP contribution is 2.39. The van der Waals surface area contributed by atoms with Gasteiger partial charge in [0.05, 0.1) is 10.8 Å². The summed E-state index contributed by atoms with van der Waals surface area (Å²) in [6.07, 6.45) is 6.19. The van der Waals surface area contributed by atoms with Crippen molar-refractivity contribution in [2.24, 2.45) is 0 Å². The van der Waals surface area contributed by atoms with Crippen LogP contribution in [0.25, 0.3) is 0 Å². The third-order valence-corrected chi connectivity index (χ3v) is 8.49. The van der Waals surface area contributed by atoms with Crippen LogP contribution >= 0.6 is 11.8 Å². The normalized spacial score (nSPS) is 14.8. The Labute approximate surface area is 223 Å². The molecule has 2 atom stereocenters. The highest BCUT2D eigenvalue weighted by atomic mass is 32.2. The SMILES string of the molecule is CC(CCCCSCCCCC(C)(c1ccccc1)c1cc(O)no1)(c1ccccc1)c1cc(O)no1. The van der Waals surface area contributed by atoms with Gasteiger partial charge in [0.15, 0.2) is 11.5 Å². The predicted octanol–water partition coefficient (Wildman–Crippen LogP) is 7.46. The van der Waals surface area contributed by atoms with Crippen LogP contribution in [-0.2, 0) is 10.8 Å². The summed E-state index contributed by atoms with van der Waals surface area (Å²) in [5.41, 5.74) is 1.69. The Morgan fingerprint density at radius 1 is 0.649 bits per heavy atom. The lowest BCUT2D eigenvalue weighted by atomic mass is 9.76. The van der Waals surface area contributed by atoms with Crippen LogP contribution in [0.3, 0.4) is 0 Å². The first-order chi connectivity index (χ1) is 17.9. The zero-order valence-corrected chi connectivity index (χ0v) is 22.4. The average molecular weight is 521 g/mol. The van der Waals surface area contributed by atoms with Crippen LogP contribution in [0.5, 0.6) is 11.8 Å². The molecule has 0 aliphatic rings. The molecule has 0 bridgehead atoms. The molecule has 2 heterocycles. The Morgan fingerprint density at radius 3 is 1.41 bits per heavy atom. The van der Waals surface area contributed by atoms with Crippen LogP contribution in [0.1, 0.15) is 75.0 Å². The zero-order chi connectivity index (χ0) is 26.1. The fourth-order valence-electron chi connectivity index (χ4n) is 4.95. The van der Waals surface area contributed by atoms with Gasteiger partial charge < -0.3 is 19.3 Å². The number of aromatic nitrogens is 2. The minimum Gasteiger partial charge on any atom is -0.491 e. The minimum atomic E-state index is -0.322. The monoisotopic (exact) mass is 520 g/mol. The number of unbranched alkanes of at least 4 members (excludes halogenated alkanes) is 2. The van der Waals surface area contributed by atoms with Crippen molar-refractivity contribution in [3.05, 3.63) is 95.4 Å². The van der Waals surface area contributed by atoms with Crippen molar-refractivity contribution in [3.8, 4) is 11.8 Å². The van der Waals surface area contributed by atoms with E-state index in [1.54, 1.807) is 12.1 Å². The molecule has 2 aromatic heterocycles. The van der Waals surface area contributed by atoms with E-state index in [1.807, 2.05) is 48.2 Å². The molecule has 37 heavy (non-hydrogen) atoms. The van der Waals surface area contributed by atoms with Gasteiger partial charge in [-0.3, -0.25) is 0 Å². The highest BCUT2D eigenvalue weighted by molar-refractivity contribution is 7.99. The maximum absolute atomic E-state index is 9.73. The molecular formula is C30H36N2O4S. The molecule has 4 rings (SSSR count). The van der Waals surface area contributed by atoms with Gasteiger partial charge in [0.25, 0.3) is 11.8 Å². The van der Waals surface area contributed by atoms with E-state index >= 15 is 0 Å². The molecule has 2 N–H and O–H groups in total. The Bertz CT molecular complexity index is 1130. The van der Waals surface area contributed by atoms with Crippen LogP contribution in [0.2, 0.25) is 0 Å². The smallest absolute Gasteiger partial charge is 0.251 e. The summed E-state index contributed by atoms with van der Waals surface area (Å²) in [6, 6.07) is 23.9. The predicted molar refractivity (Wildman–Crippen MR) is 147 cm³/mol. The average Bonchev–Trinajstić information content (AvgIpc) is 3.57. The van der Waals surface area contributed by atoms with E-state index in [4.69, 9.17) is 9.05 Å². The summed E-state index contributed by atoms with van der Waals surface area (Å²) >= 11 is 1.99. The molecule has 0 spiro atoms. The lowest BCUT2D eigenvalue weighted by molar-refractivity contribution is 0.299. The molecule has 0 amide bonds. The summed E-state index contributed by atoms with van der Waals surface area (Å²) in [7, 11) is 0. The van der Waals surface area contributed by atoms with E-state index in [-0.39, 0.29) is 22.6 Å². The van der Waals surface area contributed by atoms with Gasteiger partial charge in [0.1, 0.15) is 0 Å². The second-order valence-corrected chi connectivity index (χ2v) is 11.2. The Morgan fingerprint density at radius 2 is 1.05 bits per heavy atom. The van der Waals surface area contributed by atoms with Gasteiger partial charge in [0.2, 0.25) is 0 Å². The topological polar surface area (TPSA) is 92.5 Å². The van der Waals surface area contributed by atoms with E-state index in [2.05, 4.69) is 48.4 Å². The lowest BCUT2D eigenvalue weighted by Gasteiger charge is -2.27. The van der Waals surface area contributed by atoms with Crippen molar-refractivity contribution >= 4 is 11.8 Å². The van der Waals surface area contributed by atoms with Gasteiger partial charge in [0, 0.05) is 12.1 Å². The van der Waals surface area contributed by atoms with Gasteiger partial charge in [-0.25, -0.2) is 0 Å². The van der Waals surface area contributed by atoms with Gasteiger partial charge in [-0.15, -0.1) is 0 Å². The van der Waals surface area contributed by atoms with E-state index in [0.29, 0.717) is 11.5 Å². The van der Waals surface area contributed by atoms with Crippen LogP contribution in [0.4, 0.5) is 0 Å². The third kappa shape index (κ3) is 6.58. The van der Waals surface area contributed by atoms with Gasteiger partial charge in [-0.2, -0.15) is 11.8 Å². The molecule has 0 saturated carbocycles. The Balaban J connectivity index is 1.22. The maximum atomic E-state index is 9.73. The van der Waals surface area contributed by atoms with Crippen LogP contribution in [0, 0.1) is 0 Å². The van der Waals surface area contributed by atoms with Crippen molar-refractivity contribution < 1.29 is 19.3 Å². The summed E-state index contributed by atoms with van der Waals surface area (Å²) < 4.78 is 10.9.